The van der Waals surface area contributed by atoms with Crippen molar-refractivity contribution in [1.29, 1.82) is 0 Å². The van der Waals surface area contributed by atoms with Gasteiger partial charge in [0.05, 0.1) is 28.8 Å². The van der Waals surface area contributed by atoms with Crippen molar-refractivity contribution in [2.45, 2.75) is 32.7 Å². The van der Waals surface area contributed by atoms with Gasteiger partial charge in [-0.1, -0.05) is 24.4 Å². The summed E-state index contributed by atoms with van der Waals surface area (Å²) in [6.07, 6.45) is 9.33. The Kier molecular flexibility index (Phi) is 4.20. The van der Waals surface area contributed by atoms with Gasteiger partial charge in [-0.3, -0.25) is 4.68 Å². The summed E-state index contributed by atoms with van der Waals surface area (Å²) in [4.78, 5) is 8.78. The fourth-order valence-electron chi connectivity index (χ4n) is 2.49. The Morgan fingerprint density at radius 3 is 3.00 bits per heavy atom. The van der Waals surface area contributed by atoms with Crippen LogP contribution in [0, 0.1) is 12.8 Å². The van der Waals surface area contributed by atoms with Crippen LogP contribution in [0.3, 0.4) is 0 Å². The topological polar surface area (TPSA) is 68.5 Å². The third kappa shape index (κ3) is 3.57. The number of nitrogens with one attached hydrogen (secondary N) is 1. The maximum Gasteiger partial charge on any atom is 0.228 e. The van der Waals surface area contributed by atoms with Gasteiger partial charge in [-0.05, 0) is 36.9 Å². The van der Waals surface area contributed by atoms with Crippen LogP contribution in [0.5, 0.6) is 0 Å². The van der Waals surface area contributed by atoms with Gasteiger partial charge in [-0.2, -0.15) is 9.47 Å². The van der Waals surface area contributed by atoms with Gasteiger partial charge in [0.1, 0.15) is 5.00 Å². The molecule has 0 aromatic carbocycles. The molecule has 0 amide bonds. The van der Waals surface area contributed by atoms with E-state index >= 15 is 0 Å². The number of hydrogen-bond acceptors (Lipinski definition) is 6. The van der Waals surface area contributed by atoms with Crippen molar-refractivity contribution < 1.29 is 0 Å². The lowest BCUT2D eigenvalue weighted by atomic mass is 10.2. The van der Waals surface area contributed by atoms with Gasteiger partial charge in [0.2, 0.25) is 5.95 Å². The fourth-order valence-corrected chi connectivity index (χ4v) is 3.35. The molecule has 0 bridgehead atoms. The van der Waals surface area contributed by atoms with Crippen LogP contribution < -0.4 is 5.32 Å². The van der Waals surface area contributed by atoms with Crippen molar-refractivity contribution in [3.63, 3.8) is 0 Å². The summed E-state index contributed by atoms with van der Waals surface area (Å²) in [6, 6.07) is 1.96. The average molecular weight is 361 g/mol. The highest BCUT2D eigenvalue weighted by atomic mass is 35.5. The van der Waals surface area contributed by atoms with Gasteiger partial charge in [0.15, 0.2) is 0 Å². The molecule has 1 saturated carbocycles. The maximum absolute atomic E-state index is 6.29. The van der Waals surface area contributed by atoms with Crippen LogP contribution in [0.4, 0.5) is 10.9 Å². The molecule has 4 rings (SSSR count). The number of anilines is 2. The molecule has 6 nitrogen and oxygen atoms in total. The Morgan fingerprint density at radius 1 is 1.38 bits per heavy atom. The second-order valence-electron chi connectivity index (χ2n) is 6.07. The summed E-state index contributed by atoms with van der Waals surface area (Å²) in [5, 5.41) is 9.00. The van der Waals surface area contributed by atoms with Crippen molar-refractivity contribution in [2.75, 3.05) is 5.32 Å². The standard InChI is InChI=1S/C16H17ClN6S/c1-10-6-14(24-22-10)20-16-18-8-13(17)15(21-16)12-7-19-23(9-12)5-4-11-2-3-11/h6-9,11H,2-5H2,1H3,(H,18,20,21). The number of aryl methyl sites for hydroxylation is 2. The first-order valence-electron chi connectivity index (χ1n) is 7.93. The molecule has 0 radical (unpaired) electrons. The van der Waals surface area contributed by atoms with Crippen LogP contribution in [0.1, 0.15) is 25.0 Å². The summed E-state index contributed by atoms with van der Waals surface area (Å²) in [7, 11) is 0. The van der Waals surface area contributed by atoms with E-state index in [2.05, 4.69) is 24.8 Å². The van der Waals surface area contributed by atoms with Crippen molar-refractivity contribution in [2.24, 2.45) is 5.92 Å². The van der Waals surface area contributed by atoms with E-state index in [9.17, 15) is 0 Å². The molecule has 0 atom stereocenters. The van der Waals surface area contributed by atoms with E-state index in [0.29, 0.717) is 16.7 Å². The molecule has 124 valence electrons. The zero-order chi connectivity index (χ0) is 16.5. The molecule has 3 aromatic rings. The first kappa shape index (κ1) is 15.5. The molecule has 1 aliphatic carbocycles. The summed E-state index contributed by atoms with van der Waals surface area (Å²) < 4.78 is 6.20. The lowest BCUT2D eigenvalue weighted by molar-refractivity contribution is 0.547. The van der Waals surface area contributed by atoms with Crippen LogP contribution in [0.2, 0.25) is 5.02 Å². The van der Waals surface area contributed by atoms with Gasteiger partial charge >= 0.3 is 0 Å². The molecule has 3 aromatic heterocycles. The molecule has 0 unspecified atom stereocenters. The Bertz CT molecular complexity index is 854. The Balaban J connectivity index is 1.54. The number of nitrogens with zero attached hydrogens (tertiary/aromatic N) is 5. The molecule has 1 aliphatic rings. The van der Waals surface area contributed by atoms with E-state index in [1.54, 1.807) is 6.20 Å². The van der Waals surface area contributed by atoms with Gasteiger partial charge in [-0.15, -0.1) is 0 Å². The second kappa shape index (κ2) is 6.49. The second-order valence-corrected chi connectivity index (χ2v) is 7.28. The third-order valence-corrected chi connectivity index (χ3v) is 5.05. The van der Waals surface area contributed by atoms with Crippen molar-refractivity contribution in [1.82, 2.24) is 24.1 Å². The predicted octanol–water partition coefficient (Wildman–Crippen LogP) is 4.30. The Morgan fingerprint density at radius 2 is 2.25 bits per heavy atom. The van der Waals surface area contributed by atoms with Crippen LogP contribution in [-0.2, 0) is 6.54 Å². The van der Waals surface area contributed by atoms with E-state index in [1.165, 1.54) is 30.8 Å². The fraction of sp³-hybridized carbons (Fsp3) is 0.375. The predicted molar refractivity (Wildman–Crippen MR) is 95.7 cm³/mol. The SMILES string of the molecule is Cc1cc(Nc2ncc(Cl)c(-c3cnn(CCC4CC4)c3)n2)sn1. The van der Waals surface area contributed by atoms with Gasteiger partial charge in [0.25, 0.3) is 0 Å². The zero-order valence-electron chi connectivity index (χ0n) is 13.2. The zero-order valence-corrected chi connectivity index (χ0v) is 14.8. The normalized spacial score (nSPS) is 14.1. The van der Waals surface area contributed by atoms with E-state index in [-0.39, 0.29) is 0 Å². The van der Waals surface area contributed by atoms with E-state index in [4.69, 9.17) is 11.6 Å². The minimum Gasteiger partial charge on any atom is -0.314 e. The molecule has 24 heavy (non-hydrogen) atoms. The lowest BCUT2D eigenvalue weighted by Gasteiger charge is -2.05. The van der Waals surface area contributed by atoms with E-state index in [0.717, 1.165) is 28.7 Å². The van der Waals surface area contributed by atoms with Crippen LogP contribution in [0.25, 0.3) is 11.3 Å². The summed E-state index contributed by atoms with van der Waals surface area (Å²) in [5.41, 5.74) is 2.56. The van der Waals surface area contributed by atoms with Crippen molar-refractivity contribution >= 4 is 34.1 Å². The highest BCUT2D eigenvalue weighted by Gasteiger charge is 2.21. The van der Waals surface area contributed by atoms with Gasteiger partial charge in [0, 0.05) is 18.3 Å². The summed E-state index contributed by atoms with van der Waals surface area (Å²) in [5.74, 6) is 1.39. The molecule has 1 N–H and O–H groups in total. The van der Waals surface area contributed by atoms with Crippen molar-refractivity contribution in [3.8, 4) is 11.3 Å². The molecular weight excluding hydrogens is 344 g/mol. The first-order valence-corrected chi connectivity index (χ1v) is 9.08. The molecule has 8 heteroatoms. The Labute approximate surface area is 149 Å². The largest absolute Gasteiger partial charge is 0.314 e. The number of halogens is 1. The average Bonchev–Trinajstić information content (AvgIpc) is 3.13. The minimum absolute atomic E-state index is 0.504. The monoisotopic (exact) mass is 360 g/mol. The highest BCUT2D eigenvalue weighted by Crippen LogP contribution is 2.33. The smallest absolute Gasteiger partial charge is 0.228 e. The summed E-state index contributed by atoms with van der Waals surface area (Å²) in [6.45, 7) is 2.89. The number of rotatable bonds is 6. The van der Waals surface area contributed by atoms with Crippen LogP contribution in [-0.4, -0.2) is 24.1 Å². The molecule has 0 spiro atoms. The van der Waals surface area contributed by atoms with E-state index < -0.39 is 0 Å². The molecular formula is C16H17ClN6S. The van der Waals surface area contributed by atoms with Gasteiger partial charge in [-0.25, -0.2) is 9.97 Å². The molecule has 3 heterocycles. The Hall–Kier alpha value is -1.99. The molecule has 0 aliphatic heterocycles. The third-order valence-electron chi connectivity index (χ3n) is 3.98. The van der Waals surface area contributed by atoms with Gasteiger partial charge < -0.3 is 5.32 Å². The van der Waals surface area contributed by atoms with Crippen LogP contribution in [0.15, 0.2) is 24.7 Å². The van der Waals surface area contributed by atoms with Crippen LogP contribution >= 0.6 is 23.1 Å². The summed E-state index contributed by atoms with van der Waals surface area (Å²) >= 11 is 7.66. The quantitative estimate of drug-likeness (QED) is 0.709. The molecule has 1 fully saturated rings. The molecule has 0 saturated heterocycles. The number of aromatic nitrogens is 5. The number of hydrogen-bond donors (Lipinski definition) is 1. The first-order chi connectivity index (χ1) is 11.7. The lowest BCUT2D eigenvalue weighted by Crippen LogP contribution is -1.99. The van der Waals surface area contributed by atoms with Crippen molar-refractivity contribution in [3.05, 3.63) is 35.4 Å². The highest BCUT2D eigenvalue weighted by molar-refractivity contribution is 7.10. The van der Waals surface area contributed by atoms with E-state index in [1.807, 2.05) is 30.1 Å². The minimum atomic E-state index is 0.504. The maximum atomic E-state index is 6.29.